The maximum atomic E-state index is 6.20. The molecule has 0 spiro atoms. The van der Waals surface area contributed by atoms with Crippen LogP contribution in [0.5, 0.6) is 0 Å². The van der Waals surface area contributed by atoms with Gasteiger partial charge in [-0.15, -0.1) is 5.48 Å². The fourth-order valence-electron chi connectivity index (χ4n) is 1.14. The van der Waals surface area contributed by atoms with E-state index in [1.54, 1.807) is 6.20 Å². The third kappa shape index (κ3) is 1.61. The Morgan fingerprint density at radius 2 is 2.00 bits per heavy atom. The Hall–Kier alpha value is -1.19. The summed E-state index contributed by atoms with van der Waals surface area (Å²) in [6, 6.07) is 9.59. The minimum atomic E-state index is -0.865. The number of hydrogen-bond donors (Lipinski definition) is 2. The molecule has 1 aromatic rings. The highest BCUT2D eigenvalue weighted by Crippen LogP contribution is 2.24. The van der Waals surface area contributed by atoms with E-state index in [0.29, 0.717) is 0 Å². The number of halogens is 1. The molecule has 3 nitrogen and oxygen atoms in total. The van der Waals surface area contributed by atoms with Gasteiger partial charge in [-0.1, -0.05) is 41.9 Å². The van der Waals surface area contributed by atoms with Gasteiger partial charge in [0.1, 0.15) is 6.26 Å². The van der Waals surface area contributed by atoms with Crippen LogP contribution in [-0.2, 0) is 9.96 Å². The molecule has 1 unspecified atom stereocenters. The summed E-state index contributed by atoms with van der Waals surface area (Å²) in [5.74, 6) is 0. The van der Waals surface area contributed by atoms with E-state index in [9.17, 15) is 0 Å². The van der Waals surface area contributed by atoms with E-state index in [-0.39, 0.29) is 0 Å². The van der Waals surface area contributed by atoms with E-state index in [0.717, 1.165) is 5.56 Å². The lowest BCUT2D eigenvalue weighted by Gasteiger charge is -2.30. The molecule has 1 heterocycles. The summed E-state index contributed by atoms with van der Waals surface area (Å²) in [4.78, 5) is 4.91. The fourth-order valence-corrected chi connectivity index (χ4v) is 1.37. The molecule has 1 aliphatic rings. The van der Waals surface area contributed by atoms with E-state index in [4.69, 9.17) is 16.4 Å². The largest absolute Gasteiger partial charge is 0.411 e. The van der Waals surface area contributed by atoms with Crippen LogP contribution in [-0.4, -0.2) is 0 Å². The van der Waals surface area contributed by atoms with Crippen molar-refractivity contribution in [3.05, 3.63) is 48.4 Å². The van der Waals surface area contributed by atoms with Crippen molar-refractivity contribution in [2.45, 2.75) is 5.12 Å². The van der Waals surface area contributed by atoms with E-state index >= 15 is 0 Å². The molecule has 2 N–H and O–H groups in total. The lowest BCUT2D eigenvalue weighted by molar-refractivity contribution is 0.0540. The van der Waals surface area contributed by atoms with Crippen LogP contribution in [0.3, 0.4) is 0 Å². The molecule has 1 atom stereocenters. The summed E-state index contributed by atoms with van der Waals surface area (Å²) in [7, 11) is 0. The second-order valence-corrected chi connectivity index (χ2v) is 3.26. The topological polar surface area (TPSA) is 33.3 Å². The summed E-state index contributed by atoms with van der Waals surface area (Å²) in [5.41, 5.74) is 3.58. The third-order valence-corrected chi connectivity index (χ3v) is 2.19. The number of alkyl halides is 1. The summed E-state index contributed by atoms with van der Waals surface area (Å²) < 4.78 is 0. The first-order chi connectivity index (χ1) is 6.31. The molecular weight excluding hydrogens is 188 g/mol. The quantitative estimate of drug-likeness (QED) is 0.529. The number of nitrogens with one attached hydrogen (secondary N) is 2. The first-order valence-corrected chi connectivity index (χ1v) is 4.29. The van der Waals surface area contributed by atoms with Crippen molar-refractivity contribution in [1.82, 2.24) is 10.8 Å². The van der Waals surface area contributed by atoms with Crippen LogP contribution in [0.15, 0.2) is 42.8 Å². The summed E-state index contributed by atoms with van der Waals surface area (Å²) >= 11 is 6.20. The summed E-state index contributed by atoms with van der Waals surface area (Å²) in [6.07, 6.45) is 3.14. The van der Waals surface area contributed by atoms with Gasteiger partial charge < -0.3 is 10.2 Å². The van der Waals surface area contributed by atoms with Crippen LogP contribution < -0.4 is 10.8 Å². The second kappa shape index (κ2) is 3.28. The maximum Gasteiger partial charge on any atom is 0.223 e. The highest BCUT2D eigenvalue weighted by atomic mass is 35.5. The Labute approximate surface area is 81.3 Å². The molecule has 0 saturated heterocycles. The minimum Gasteiger partial charge on any atom is -0.411 e. The molecule has 68 valence electrons. The number of hydrogen-bond acceptors (Lipinski definition) is 3. The highest BCUT2D eigenvalue weighted by molar-refractivity contribution is 6.23. The van der Waals surface area contributed by atoms with Crippen molar-refractivity contribution in [2.75, 3.05) is 0 Å². The van der Waals surface area contributed by atoms with Crippen LogP contribution in [0.4, 0.5) is 0 Å². The van der Waals surface area contributed by atoms with Gasteiger partial charge in [0.25, 0.3) is 0 Å². The first-order valence-electron chi connectivity index (χ1n) is 3.91. The predicted molar refractivity (Wildman–Crippen MR) is 50.5 cm³/mol. The van der Waals surface area contributed by atoms with E-state index in [1.807, 2.05) is 30.3 Å². The van der Waals surface area contributed by atoms with E-state index in [2.05, 4.69) is 10.8 Å². The van der Waals surface area contributed by atoms with Gasteiger partial charge in [0.15, 0.2) is 0 Å². The smallest absolute Gasteiger partial charge is 0.223 e. The van der Waals surface area contributed by atoms with Gasteiger partial charge in [-0.3, -0.25) is 0 Å². The molecule has 0 radical (unpaired) electrons. The van der Waals surface area contributed by atoms with E-state index < -0.39 is 5.12 Å². The van der Waals surface area contributed by atoms with Gasteiger partial charge in [0.05, 0.1) is 0 Å². The molecule has 0 saturated carbocycles. The maximum absolute atomic E-state index is 6.20. The SMILES string of the molecule is ClC1(c2ccccc2)NC=CON1. The van der Waals surface area contributed by atoms with Gasteiger partial charge >= 0.3 is 0 Å². The van der Waals surface area contributed by atoms with Crippen LogP contribution in [0.2, 0.25) is 0 Å². The van der Waals surface area contributed by atoms with E-state index in [1.165, 1.54) is 6.26 Å². The lowest BCUT2D eigenvalue weighted by atomic mass is 10.2. The van der Waals surface area contributed by atoms with Gasteiger partial charge in [-0.2, -0.15) is 0 Å². The first kappa shape index (κ1) is 8.41. The van der Waals surface area contributed by atoms with Crippen molar-refractivity contribution in [1.29, 1.82) is 0 Å². The van der Waals surface area contributed by atoms with Crippen LogP contribution >= 0.6 is 11.6 Å². The van der Waals surface area contributed by atoms with Crippen molar-refractivity contribution < 1.29 is 4.84 Å². The molecule has 1 aromatic carbocycles. The number of benzene rings is 1. The molecule has 2 rings (SSSR count). The molecule has 0 aliphatic carbocycles. The molecule has 1 aliphatic heterocycles. The van der Waals surface area contributed by atoms with Crippen molar-refractivity contribution >= 4 is 11.6 Å². The minimum absolute atomic E-state index is 0.865. The summed E-state index contributed by atoms with van der Waals surface area (Å²) in [5, 5.41) is 2.10. The fraction of sp³-hybridized carbons (Fsp3) is 0.111. The Kier molecular flexibility index (Phi) is 2.12. The number of rotatable bonds is 1. The molecule has 0 fully saturated rings. The van der Waals surface area contributed by atoms with Gasteiger partial charge in [0.2, 0.25) is 5.12 Å². The Morgan fingerprint density at radius 3 is 2.62 bits per heavy atom. The van der Waals surface area contributed by atoms with Gasteiger partial charge in [0, 0.05) is 11.8 Å². The average Bonchev–Trinajstić information content (AvgIpc) is 2.20. The second-order valence-electron chi connectivity index (χ2n) is 2.69. The molecule has 13 heavy (non-hydrogen) atoms. The molecule has 0 aromatic heterocycles. The van der Waals surface area contributed by atoms with Gasteiger partial charge in [-0.05, 0) is 0 Å². The van der Waals surface area contributed by atoms with Crippen LogP contribution in [0.25, 0.3) is 0 Å². The monoisotopic (exact) mass is 196 g/mol. The Morgan fingerprint density at radius 1 is 1.23 bits per heavy atom. The zero-order valence-electron chi connectivity index (χ0n) is 6.83. The zero-order valence-corrected chi connectivity index (χ0v) is 7.58. The van der Waals surface area contributed by atoms with Crippen molar-refractivity contribution in [2.24, 2.45) is 0 Å². The summed E-state index contributed by atoms with van der Waals surface area (Å²) in [6.45, 7) is 0. The lowest BCUT2D eigenvalue weighted by Crippen LogP contribution is -2.48. The van der Waals surface area contributed by atoms with Crippen LogP contribution in [0, 0.1) is 0 Å². The van der Waals surface area contributed by atoms with Crippen molar-refractivity contribution in [3.63, 3.8) is 0 Å². The van der Waals surface area contributed by atoms with Gasteiger partial charge in [-0.25, -0.2) is 0 Å². The number of hydroxylamine groups is 1. The molecule has 0 bridgehead atoms. The van der Waals surface area contributed by atoms with Crippen molar-refractivity contribution in [3.8, 4) is 0 Å². The predicted octanol–water partition coefficient (Wildman–Crippen LogP) is 1.63. The van der Waals surface area contributed by atoms with Crippen LogP contribution in [0.1, 0.15) is 5.56 Å². The third-order valence-electron chi connectivity index (χ3n) is 1.79. The Bertz CT molecular complexity index is 315. The molecule has 0 amide bonds. The standard InChI is InChI=1S/C9H9ClN2O/c10-9(11-6-7-13-12-9)8-4-2-1-3-5-8/h1-7,11-12H. The normalized spacial score (nSPS) is 26.2. The highest BCUT2D eigenvalue weighted by Gasteiger charge is 2.30. The Balaban J connectivity index is 2.29. The zero-order chi connectivity index (χ0) is 9.15. The molecule has 4 heteroatoms. The molecular formula is C9H9ClN2O. The average molecular weight is 197 g/mol.